The first-order chi connectivity index (χ1) is 12.7. The number of piperidine rings is 1. The molecule has 1 saturated heterocycles. The van der Waals surface area contributed by atoms with Crippen molar-refractivity contribution in [3.63, 3.8) is 0 Å². The topological polar surface area (TPSA) is 86.7 Å². The van der Waals surface area contributed by atoms with E-state index in [-0.39, 0.29) is 36.1 Å². The number of amides is 2. The smallest absolute Gasteiger partial charge is 0.303 e. The lowest BCUT2D eigenvalue weighted by Gasteiger charge is -2.32. The first-order valence-corrected chi connectivity index (χ1v) is 9.55. The molecular formula is C21H30N2O4. The Bertz CT molecular complexity index is 676. The van der Waals surface area contributed by atoms with Crippen LogP contribution in [0.15, 0.2) is 24.3 Å². The Balaban J connectivity index is 1.83. The van der Waals surface area contributed by atoms with Crippen LogP contribution in [0.4, 0.5) is 0 Å². The molecule has 0 aliphatic carbocycles. The fourth-order valence-electron chi connectivity index (χ4n) is 3.35. The van der Waals surface area contributed by atoms with Crippen LogP contribution < -0.4 is 5.32 Å². The summed E-state index contributed by atoms with van der Waals surface area (Å²) in [5.41, 5.74) is 1.71. The molecule has 1 atom stereocenters. The third-order valence-corrected chi connectivity index (χ3v) is 5.05. The van der Waals surface area contributed by atoms with E-state index in [1.165, 1.54) is 0 Å². The highest BCUT2D eigenvalue weighted by atomic mass is 16.4. The molecule has 1 aromatic rings. The maximum atomic E-state index is 12.4. The normalized spacial score (nSPS) is 17.4. The van der Waals surface area contributed by atoms with Gasteiger partial charge < -0.3 is 15.3 Å². The molecule has 6 heteroatoms. The molecule has 1 aliphatic heterocycles. The van der Waals surface area contributed by atoms with Crippen molar-refractivity contribution in [2.45, 2.75) is 51.9 Å². The van der Waals surface area contributed by atoms with E-state index in [4.69, 9.17) is 5.11 Å². The Morgan fingerprint density at radius 3 is 2.44 bits per heavy atom. The fourth-order valence-corrected chi connectivity index (χ4v) is 3.35. The second-order valence-corrected chi connectivity index (χ2v) is 8.29. The summed E-state index contributed by atoms with van der Waals surface area (Å²) in [7, 11) is 0. The predicted molar refractivity (Wildman–Crippen MR) is 104 cm³/mol. The van der Waals surface area contributed by atoms with E-state index in [0.29, 0.717) is 25.1 Å². The Morgan fingerprint density at radius 1 is 1.19 bits per heavy atom. The van der Waals surface area contributed by atoms with E-state index in [1.807, 2.05) is 12.1 Å². The molecule has 1 aromatic carbocycles. The van der Waals surface area contributed by atoms with Crippen LogP contribution in [0.5, 0.6) is 0 Å². The van der Waals surface area contributed by atoms with Crippen LogP contribution in [0.2, 0.25) is 0 Å². The summed E-state index contributed by atoms with van der Waals surface area (Å²) in [5, 5.41) is 11.5. The number of nitrogens with one attached hydrogen (secondary N) is 1. The Kier molecular flexibility index (Phi) is 6.99. The third kappa shape index (κ3) is 6.38. The van der Waals surface area contributed by atoms with Crippen molar-refractivity contribution in [3.05, 3.63) is 35.4 Å². The fraction of sp³-hybridized carbons (Fsp3) is 0.571. The van der Waals surface area contributed by atoms with Gasteiger partial charge in [-0.25, -0.2) is 0 Å². The Hall–Kier alpha value is -2.37. The van der Waals surface area contributed by atoms with Gasteiger partial charge in [-0.3, -0.25) is 14.4 Å². The average molecular weight is 374 g/mol. The summed E-state index contributed by atoms with van der Waals surface area (Å²) < 4.78 is 0. The monoisotopic (exact) mass is 374 g/mol. The molecule has 148 valence electrons. The second-order valence-electron chi connectivity index (χ2n) is 8.29. The van der Waals surface area contributed by atoms with Crippen LogP contribution in [-0.4, -0.2) is 47.4 Å². The van der Waals surface area contributed by atoms with Gasteiger partial charge >= 0.3 is 5.97 Å². The highest BCUT2D eigenvalue weighted by Crippen LogP contribution is 2.22. The lowest BCUT2D eigenvalue weighted by molar-refractivity contribution is -0.137. The van der Waals surface area contributed by atoms with Crippen LogP contribution in [0.1, 0.15) is 62.4 Å². The molecule has 0 spiro atoms. The third-order valence-electron chi connectivity index (χ3n) is 5.05. The molecule has 1 unspecified atom stereocenters. The van der Waals surface area contributed by atoms with Gasteiger partial charge in [0.2, 0.25) is 5.91 Å². The highest BCUT2D eigenvalue weighted by Gasteiger charge is 2.24. The second kappa shape index (κ2) is 9.02. The Morgan fingerprint density at radius 2 is 1.85 bits per heavy atom. The van der Waals surface area contributed by atoms with E-state index in [1.54, 1.807) is 17.0 Å². The van der Waals surface area contributed by atoms with Gasteiger partial charge in [-0.05, 0) is 48.3 Å². The van der Waals surface area contributed by atoms with Gasteiger partial charge in [-0.2, -0.15) is 0 Å². The number of hydrogen-bond donors (Lipinski definition) is 2. The standard InChI is InChI=1S/C21H30N2O4/c1-21(2,3)17-9-7-16(8-10-17)20(27)22-13-18(24)23-12-4-5-15(14-23)6-11-19(25)26/h7-10,15H,4-6,11-14H2,1-3H3,(H,22,27)(H,25,26). The zero-order valence-corrected chi connectivity index (χ0v) is 16.5. The molecule has 0 aromatic heterocycles. The number of carbonyl (C=O) groups is 3. The maximum absolute atomic E-state index is 12.4. The minimum Gasteiger partial charge on any atom is -0.481 e. The van der Waals surface area contributed by atoms with Crippen LogP contribution in [0.25, 0.3) is 0 Å². The molecule has 2 rings (SSSR count). The summed E-state index contributed by atoms with van der Waals surface area (Å²) in [6.45, 7) is 7.54. The summed E-state index contributed by atoms with van der Waals surface area (Å²) in [4.78, 5) is 37.1. The molecule has 27 heavy (non-hydrogen) atoms. The van der Waals surface area contributed by atoms with E-state index < -0.39 is 5.97 Å². The summed E-state index contributed by atoms with van der Waals surface area (Å²) >= 11 is 0. The van der Waals surface area contributed by atoms with Crippen LogP contribution >= 0.6 is 0 Å². The molecule has 1 fully saturated rings. The molecule has 0 radical (unpaired) electrons. The van der Waals surface area contributed by atoms with Crippen LogP contribution in [-0.2, 0) is 15.0 Å². The van der Waals surface area contributed by atoms with Crippen molar-refractivity contribution in [2.24, 2.45) is 5.92 Å². The minimum absolute atomic E-state index is 0.0242. The van der Waals surface area contributed by atoms with Gasteiger partial charge in [0, 0.05) is 25.1 Å². The zero-order valence-electron chi connectivity index (χ0n) is 16.5. The Labute approximate surface area is 160 Å². The summed E-state index contributed by atoms with van der Waals surface area (Å²) in [6, 6.07) is 7.44. The number of carbonyl (C=O) groups excluding carboxylic acids is 2. The molecule has 1 heterocycles. The van der Waals surface area contributed by atoms with Crippen molar-refractivity contribution >= 4 is 17.8 Å². The summed E-state index contributed by atoms with van der Waals surface area (Å²) in [6.07, 6.45) is 2.54. The van der Waals surface area contributed by atoms with E-state index >= 15 is 0 Å². The predicted octanol–water partition coefficient (Wildman–Crippen LogP) is 2.82. The first kappa shape index (κ1) is 20.9. The van der Waals surface area contributed by atoms with Gasteiger partial charge in [0.1, 0.15) is 0 Å². The molecule has 0 saturated carbocycles. The molecule has 2 amide bonds. The van der Waals surface area contributed by atoms with Gasteiger partial charge in [0.25, 0.3) is 5.91 Å². The molecule has 6 nitrogen and oxygen atoms in total. The van der Waals surface area contributed by atoms with E-state index in [0.717, 1.165) is 18.4 Å². The zero-order chi connectivity index (χ0) is 20.0. The van der Waals surface area contributed by atoms with Gasteiger partial charge in [0.05, 0.1) is 6.54 Å². The molecule has 1 aliphatic rings. The van der Waals surface area contributed by atoms with Crippen molar-refractivity contribution < 1.29 is 19.5 Å². The lowest BCUT2D eigenvalue weighted by Crippen LogP contribution is -2.45. The molecule has 0 bridgehead atoms. The lowest BCUT2D eigenvalue weighted by atomic mass is 9.87. The minimum atomic E-state index is -0.803. The highest BCUT2D eigenvalue weighted by molar-refractivity contribution is 5.96. The SMILES string of the molecule is CC(C)(C)c1ccc(C(=O)NCC(=O)N2CCCC(CCC(=O)O)C2)cc1. The number of nitrogens with zero attached hydrogens (tertiary/aromatic N) is 1. The van der Waals surface area contributed by atoms with Crippen molar-refractivity contribution in [2.75, 3.05) is 19.6 Å². The maximum Gasteiger partial charge on any atom is 0.303 e. The number of carboxylic acid groups (broad SMARTS) is 1. The first-order valence-electron chi connectivity index (χ1n) is 9.55. The van der Waals surface area contributed by atoms with Crippen LogP contribution in [0.3, 0.4) is 0 Å². The van der Waals surface area contributed by atoms with Gasteiger partial charge in [-0.1, -0.05) is 32.9 Å². The van der Waals surface area contributed by atoms with Crippen LogP contribution in [0, 0.1) is 5.92 Å². The van der Waals surface area contributed by atoms with Crippen molar-refractivity contribution in [1.29, 1.82) is 0 Å². The number of benzene rings is 1. The van der Waals surface area contributed by atoms with Gasteiger partial charge in [-0.15, -0.1) is 0 Å². The van der Waals surface area contributed by atoms with E-state index in [2.05, 4.69) is 26.1 Å². The van der Waals surface area contributed by atoms with E-state index in [9.17, 15) is 14.4 Å². The van der Waals surface area contributed by atoms with Gasteiger partial charge in [0.15, 0.2) is 0 Å². The summed E-state index contributed by atoms with van der Waals surface area (Å²) in [5.74, 6) is -0.958. The largest absolute Gasteiger partial charge is 0.481 e. The average Bonchev–Trinajstić information content (AvgIpc) is 2.63. The molecule has 2 N–H and O–H groups in total. The number of hydrogen-bond acceptors (Lipinski definition) is 3. The number of likely N-dealkylation sites (tertiary alicyclic amines) is 1. The number of rotatable bonds is 6. The molecular weight excluding hydrogens is 344 g/mol. The number of aliphatic carboxylic acids is 1. The van der Waals surface area contributed by atoms with Crippen molar-refractivity contribution in [3.8, 4) is 0 Å². The van der Waals surface area contributed by atoms with Crippen molar-refractivity contribution in [1.82, 2.24) is 10.2 Å². The number of carboxylic acids is 1. The quantitative estimate of drug-likeness (QED) is 0.802.